The number of thioether (sulfide) groups is 1. The van der Waals surface area contributed by atoms with Gasteiger partial charge in [0.15, 0.2) is 0 Å². The van der Waals surface area contributed by atoms with Crippen LogP contribution in [0.3, 0.4) is 0 Å². The predicted octanol–water partition coefficient (Wildman–Crippen LogP) is 2.73. The molecule has 2 fully saturated rings. The summed E-state index contributed by atoms with van der Waals surface area (Å²) in [6, 6.07) is 0. The van der Waals surface area contributed by atoms with Gasteiger partial charge in [-0.3, -0.25) is 9.59 Å². The number of unbranched alkanes of at least 4 members (excludes halogenated alkanes) is 2. The van der Waals surface area contributed by atoms with Crippen molar-refractivity contribution in [2.45, 2.75) is 50.2 Å². The monoisotopic (exact) mass is 256 g/mol. The van der Waals surface area contributed by atoms with E-state index in [1.54, 1.807) is 0 Å². The molecule has 0 unspecified atom stereocenters. The quantitative estimate of drug-likeness (QED) is 0.742. The van der Waals surface area contributed by atoms with Crippen molar-refractivity contribution in [3.63, 3.8) is 0 Å². The maximum atomic E-state index is 11.4. The van der Waals surface area contributed by atoms with Crippen molar-refractivity contribution in [1.29, 1.82) is 0 Å². The number of hydrogen-bond acceptors (Lipinski definition) is 3. The molecule has 1 aliphatic carbocycles. The van der Waals surface area contributed by atoms with Crippen LogP contribution in [0.5, 0.6) is 0 Å². The average Bonchev–Trinajstić information content (AvgIpc) is 2.77. The lowest BCUT2D eigenvalue weighted by Crippen LogP contribution is -2.13. The summed E-state index contributed by atoms with van der Waals surface area (Å²) < 4.78 is 0. The molecule has 96 valence electrons. The molecular weight excluding hydrogens is 236 g/mol. The van der Waals surface area contributed by atoms with E-state index in [4.69, 9.17) is 5.11 Å². The second kappa shape index (κ2) is 5.89. The number of fused-ring (bicyclic) bond motifs is 1. The smallest absolute Gasteiger partial charge is 0.303 e. The zero-order chi connectivity index (χ0) is 12.3. The number of rotatable bonds is 6. The molecule has 3 atom stereocenters. The number of Topliss-reactive ketones (excluding diaryl/α,β-unsaturated/α-hetero) is 1. The van der Waals surface area contributed by atoms with E-state index in [0.717, 1.165) is 37.9 Å². The van der Waals surface area contributed by atoms with E-state index in [0.29, 0.717) is 29.3 Å². The fourth-order valence-corrected chi connectivity index (χ4v) is 4.80. The van der Waals surface area contributed by atoms with Gasteiger partial charge in [0.2, 0.25) is 0 Å². The molecule has 1 saturated carbocycles. The van der Waals surface area contributed by atoms with E-state index in [-0.39, 0.29) is 0 Å². The molecule has 3 nitrogen and oxygen atoms in total. The van der Waals surface area contributed by atoms with Gasteiger partial charge in [-0.05, 0) is 30.4 Å². The molecule has 0 radical (unpaired) electrons. The van der Waals surface area contributed by atoms with E-state index < -0.39 is 5.97 Å². The van der Waals surface area contributed by atoms with Crippen molar-refractivity contribution in [3.8, 4) is 0 Å². The van der Waals surface area contributed by atoms with Crippen LogP contribution >= 0.6 is 11.8 Å². The lowest BCUT2D eigenvalue weighted by molar-refractivity contribution is -0.137. The minimum Gasteiger partial charge on any atom is -0.481 e. The highest BCUT2D eigenvalue weighted by Crippen LogP contribution is 2.47. The van der Waals surface area contributed by atoms with Gasteiger partial charge in [-0.25, -0.2) is 0 Å². The first-order valence-electron chi connectivity index (χ1n) is 6.52. The second-order valence-corrected chi connectivity index (χ2v) is 6.51. The molecule has 1 heterocycles. The van der Waals surface area contributed by atoms with Crippen LogP contribution in [0.2, 0.25) is 0 Å². The van der Waals surface area contributed by atoms with Gasteiger partial charge in [0.05, 0.1) is 0 Å². The molecule has 0 aromatic rings. The summed E-state index contributed by atoms with van der Waals surface area (Å²) in [7, 11) is 0. The second-order valence-electron chi connectivity index (χ2n) is 5.24. The maximum Gasteiger partial charge on any atom is 0.303 e. The summed E-state index contributed by atoms with van der Waals surface area (Å²) in [5, 5.41) is 9.20. The van der Waals surface area contributed by atoms with Crippen LogP contribution < -0.4 is 0 Å². The number of ketones is 1. The zero-order valence-electron chi connectivity index (χ0n) is 10.1. The van der Waals surface area contributed by atoms with E-state index in [9.17, 15) is 9.59 Å². The van der Waals surface area contributed by atoms with E-state index >= 15 is 0 Å². The molecular formula is C13H20O3S. The minimum absolute atomic E-state index is 0.294. The third-order valence-corrected chi connectivity index (χ3v) is 5.57. The minimum atomic E-state index is -0.693. The number of carboxylic acids is 1. The van der Waals surface area contributed by atoms with Crippen LogP contribution in [-0.4, -0.2) is 27.9 Å². The van der Waals surface area contributed by atoms with Crippen molar-refractivity contribution < 1.29 is 14.7 Å². The Balaban J connectivity index is 1.63. The number of carbonyl (C=O) groups is 2. The molecule has 0 spiro atoms. The van der Waals surface area contributed by atoms with Gasteiger partial charge in [0, 0.05) is 24.5 Å². The van der Waals surface area contributed by atoms with Crippen LogP contribution in [0.15, 0.2) is 0 Å². The Hall–Kier alpha value is -0.510. The van der Waals surface area contributed by atoms with Crippen molar-refractivity contribution in [3.05, 3.63) is 0 Å². The zero-order valence-corrected chi connectivity index (χ0v) is 10.9. The van der Waals surface area contributed by atoms with Crippen molar-refractivity contribution >= 4 is 23.5 Å². The molecule has 0 aromatic carbocycles. The fraction of sp³-hybridized carbons (Fsp3) is 0.846. The third-order valence-electron chi connectivity index (χ3n) is 3.94. The lowest BCUT2D eigenvalue weighted by Gasteiger charge is -2.16. The Kier molecular flexibility index (Phi) is 4.48. The molecule has 1 aliphatic heterocycles. The lowest BCUT2D eigenvalue weighted by atomic mass is 9.92. The van der Waals surface area contributed by atoms with Crippen LogP contribution in [0.4, 0.5) is 0 Å². The first kappa shape index (κ1) is 12.9. The molecule has 1 N–H and O–H groups in total. The predicted molar refractivity (Wildman–Crippen MR) is 68.2 cm³/mol. The number of hydrogen-bond donors (Lipinski definition) is 1. The SMILES string of the molecule is O=C(O)CCCCC[C@@H]1SC[C@@H]2CC(=O)C[C@@H]21. The third kappa shape index (κ3) is 3.47. The van der Waals surface area contributed by atoms with Crippen LogP contribution in [-0.2, 0) is 9.59 Å². The summed E-state index contributed by atoms with van der Waals surface area (Å²) in [5.41, 5.74) is 0. The molecule has 0 amide bonds. The molecule has 2 rings (SSSR count). The van der Waals surface area contributed by atoms with Gasteiger partial charge in [-0.1, -0.05) is 12.8 Å². The number of carboxylic acid groups (broad SMARTS) is 1. The Labute approximate surface area is 106 Å². The highest BCUT2D eigenvalue weighted by Gasteiger charge is 2.42. The molecule has 0 bridgehead atoms. The number of aliphatic carboxylic acids is 1. The van der Waals surface area contributed by atoms with Gasteiger partial charge in [-0.15, -0.1) is 0 Å². The Bertz CT molecular complexity index is 303. The van der Waals surface area contributed by atoms with Crippen molar-refractivity contribution in [2.75, 3.05) is 5.75 Å². The number of carbonyl (C=O) groups excluding carboxylic acids is 1. The first-order chi connectivity index (χ1) is 8.16. The van der Waals surface area contributed by atoms with Gasteiger partial charge >= 0.3 is 5.97 Å². The molecule has 17 heavy (non-hydrogen) atoms. The van der Waals surface area contributed by atoms with Crippen LogP contribution in [0.1, 0.15) is 44.9 Å². The summed E-state index contributed by atoms with van der Waals surface area (Å²) >= 11 is 2.03. The van der Waals surface area contributed by atoms with Gasteiger partial charge in [0.1, 0.15) is 5.78 Å². The van der Waals surface area contributed by atoms with E-state index in [2.05, 4.69) is 0 Å². The van der Waals surface area contributed by atoms with Crippen LogP contribution in [0, 0.1) is 11.8 Å². The summed E-state index contributed by atoms with van der Waals surface area (Å²) in [5.74, 6) is 2.21. The molecule has 1 saturated heterocycles. The fourth-order valence-electron chi connectivity index (χ4n) is 3.04. The normalized spacial score (nSPS) is 31.8. The average molecular weight is 256 g/mol. The Morgan fingerprint density at radius 2 is 2.12 bits per heavy atom. The van der Waals surface area contributed by atoms with Gasteiger partial charge in [0.25, 0.3) is 0 Å². The molecule has 0 aromatic heterocycles. The summed E-state index contributed by atoms with van der Waals surface area (Å²) in [6.07, 6.45) is 5.99. The molecule has 2 aliphatic rings. The van der Waals surface area contributed by atoms with Crippen molar-refractivity contribution in [2.24, 2.45) is 11.8 Å². The summed E-state index contributed by atoms with van der Waals surface area (Å²) in [6.45, 7) is 0. The van der Waals surface area contributed by atoms with E-state index in [1.807, 2.05) is 11.8 Å². The highest BCUT2D eigenvalue weighted by atomic mass is 32.2. The standard InChI is InChI=1S/C13H20O3S/c14-10-6-9-8-17-12(11(9)7-10)4-2-1-3-5-13(15)16/h9,11-12H,1-8H2,(H,15,16)/t9-,11-,12-/m0/s1. The molecule has 4 heteroatoms. The van der Waals surface area contributed by atoms with Crippen molar-refractivity contribution in [1.82, 2.24) is 0 Å². The Morgan fingerprint density at radius 3 is 2.88 bits per heavy atom. The largest absolute Gasteiger partial charge is 0.481 e. The first-order valence-corrected chi connectivity index (χ1v) is 7.57. The highest BCUT2D eigenvalue weighted by molar-refractivity contribution is 8.00. The van der Waals surface area contributed by atoms with E-state index in [1.165, 1.54) is 6.42 Å². The summed E-state index contributed by atoms with van der Waals surface area (Å²) in [4.78, 5) is 21.7. The van der Waals surface area contributed by atoms with Gasteiger partial charge < -0.3 is 5.11 Å². The van der Waals surface area contributed by atoms with Gasteiger partial charge in [-0.2, -0.15) is 11.8 Å². The topological polar surface area (TPSA) is 54.4 Å². The van der Waals surface area contributed by atoms with Crippen LogP contribution in [0.25, 0.3) is 0 Å². The Morgan fingerprint density at radius 1 is 1.29 bits per heavy atom. The maximum absolute atomic E-state index is 11.4.